The Morgan fingerprint density at radius 2 is 1.94 bits per heavy atom. The largest absolute Gasteiger partial charge is 0.454 e. The van der Waals surface area contributed by atoms with E-state index in [2.05, 4.69) is 34.1 Å². The minimum atomic E-state index is -1.03. The summed E-state index contributed by atoms with van der Waals surface area (Å²) in [4.78, 5) is 27.6. The van der Waals surface area contributed by atoms with Crippen LogP contribution in [0, 0.1) is 11.3 Å². The van der Waals surface area contributed by atoms with Crippen molar-refractivity contribution < 1.29 is 19.1 Å². The van der Waals surface area contributed by atoms with Gasteiger partial charge in [-0.15, -0.1) is 0 Å². The number of benzene rings is 2. The standard InChI is InChI=1S/C22H20Cl2N6O4/c1-4-33-22(32)27-21(31)18(10-25)29-28-13-7-15(23)20(16(24)8-13)34-14-5-6-17-19(9-14)30(11-26-17)12(2)3/h5-9,11-12,28H,4H2,1-3H3,(H,27,31,32)/b29-18+. The molecule has 2 N–H and O–H groups in total. The van der Waals surface area contributed by atoms with Gasteiger partial charge in [0.1, 0.15) is 11.8 Å². The van der Waals surface area contributed by atoms with Crippen molar-refractivity contribution in [2.24, 2.45) is 5.10 Å². The zero-order valence-corrected chi connectivity index (χ0v) is 19.9. The highest BCUT2D eigenvalue weighted by atomic mass is 35.5. The fourth-order valence-corrected chi connectivity index (χ4v) is 3.45. The van der Waals surface area contributed by atoms with Crippen molar-refractivity contribution in [1.29, 1.82) is 5.26 Å². The monoisotopic (exact) mass is 502 g/mol. The summed E-state index contributed by atoms with van der Waals surface area (Å²) in [5.41, 5.74) is 3.93. The summed E-state index contributed by atoms with van der Waals surface area (Å²) in [5.74, 6) is -0.296. The number of alkyl carbamates (subject to hydrolysis) is 1. The van der Waals surface area contributed by atoms with Crippen molar-refractivity contribution in [3.8, 4) is 17.6 Å². The third-order valence-corrected chi connectivity index (χ3v) is 4.99. The van der Waals surface area contributed by atoms with Crippen molar-refractivity contribution in [2.45, 2.75) is 26.8 Å². The van der Waals surface area contributed by atoms with Gasteiger partial charge in [-0.05, 0) is 45.0 Å². The molecule has 0 fully saturated rings. The second kappa shape index (κ2) is 10.9. The fourth-order valence-electron chi connectivity index (χ4n) is 2.89. The number of nitriles is 1. The smallest absolute Gasteiger partial charge is 0.414 e. The number of aromatic nitrogens is 2. The first-order valence-corrected chi connectivity index (χ1v) is 10.8. The number of nitrogens with one attached hydrogen (secondary N) is 2. The molecule has 0 saturated carbocycles. The molecule has 3 rings (SSSR count). The maximum absolute atomic E-state index is 11.9. The van der Waals surface area contributed by atoms with Crippen LogP contribution in [0.15, 0.2) is 41.8 Å². The number of hydrazone groups is 1. The summed E-state index contributed by atoms with van der Waals surface area (Å²) in [6, 6.07) is 10.2. The topological polar surface area (TPSA) is 131 Å². The molecular weight excluding hydrogens is 483 g/mol. The molecule has 12 heteroatoms. The number of imidazole rings is 1. The number of carbonyl (C=O) groups excluding carboxylic acids is 2. The van der Waals surface area contributed by atoms with E-state index < -0.39 is 17.7 Å². The van der Waals surface area contributed by atoms with Crippen molar-refractivity contribution in [3.63, 3.8) is 0 Å². The molecule has 1 aromatic heterocycles. The van der Waals surface area contributed by atoms with Gasteiger partial charge in [-0.25, -0.2) is 9.78 Å². The Bertz CT molecular complexity index is 1290. The minimum absolute atomic E-state index is 0.0665. The molecule has 0 aliphatic carbocycles. The average molecular weight is 503 g/mol. The lowest BCUT2D eigenvalue weighted by molar-refractivity contribution is -0.114. The SMILES string of the molecule is CCOC(=O)NC(=O)/C(C#N)=N/Nc1cc(Cl)c(Oc2ccc3ncn(C(C)C)c3c2)c(Cl)c1. The highest BCUT2D eigenvalue weighted by molar-refractivity contribution is 6.47. The molecule has 2 amide bonds. The van der Waals surface area contributed by atoms with Gasteiger partial charge in [0.05, 0.1) is 39.7 Å². The normalized spacial score (nSPS) is 11.3. The Morgan fingerprint density at radius 1 is 1.24 bits per heavy atom. The number of ether oxygens (including phenoxy) is 2. The van der Waals surface area contributed by atoms with Gasteiger partial charge in [-0.2, -0.15) is 10.4 Å². The van der Waals surface area contributed by atoms with Gasteiger partial charge < -0.3 is 14.0 Å². The molecule has 2 aromatic carbocycles. The van der Waals surface area contributed by atoms with Crippen molar-refractivity contribution >= 4 is 57.6 Å². The molecule has 10 nitrogen and oxygen atoms in total. The number of amides is 2. The predicted molar refractivity (Wildman–Crippen MR) is 128 cm³/mol. The van der Waals surface area contributed by atoms with Crippen LogP contribution in [0.4, 0.5) is 10.5 Å². The van der Waals surface area contributed by atoms with Gasteiger partial charge in [-0.1, -0.05) is 23.2 Å². The quantitative estimate of drug-likeness (QED) is 0.331. The van der Waals surface area contributed by atoms with E-state index in [1.807, 2.05) is 22.0 Å². The second-order valence-electron chi connectivity index (χ2n) is 7.13. The van der Waals surface area contributed by atoms with Crippen molar-refractivity contribution in [3.05, 3.63) is 46.7 Å². The third kappa shape index (κ3) is 5.75. The molecule has 0 aliphatic rings. The van der Waals surface area contributed by atoms with E-state index in [1.165, 1.54) is 12.1 Å². The maximum atomic E-state index is 11.9. The molecule has 34 heavy (non-hydrogen) atoms. The molecule has 3 aromatic rings. The lowest BCUT2D eigenvalue weighted by atomic mass is 10.2. The Hall–Kier alpha value is -3.81. The Labute approximate surface area is 205 Å². The minimum Gasteiger partial charge on any atom is -0.454 e. The van der Waals surface area contributed by atoms with Crippen LogP contribution >= 0.6 is 23.2 Å². The maximum Gasteiger partial charge on any atom is 0.414 e. The van der Waals surface area contributed by atoms with E-state index in [-0.39, 0.29) is 34.1 Å². The summed E-state index contributed by atoms with van der Waals surface area (Å²) in [6.45, 7) is 5.74. The predicted octanol–water partition coefficient (Wildman–Crippen LogP) is 5.28. The number of anilines is 1. The molecule has 176 valence electrons. The number of rotatable bonds is 7. The van der Waals surface area contributed by atoms with E-state index in [1.54, 1.807) is 25.4 Å². The molecule has 1 heterocycles. The van der Waals surface area contributed by atoms with E-state index in [0.29, 0.717) is 5.75 Å². The van der Waals surface area contributed by atoms with Crippen LogP contribution in [0.5, 0.6) is 11.5 Å². The highest BCUT2D eigenvalue weighted by Crippen LogP contribution is 2.39. The van der Waals surface area contributed by atoms with Gasteiger partial charge >= 0.3 is 6.09 Å². The van der Waals surface area contributed by atoms with Crippen LogP contribution in [0.1, 0.15) is 26.8 Å². The van der Waals surface area contributed by atoms with E-state index in [0.717, 1.165) is 11.0 Å². The second-order valence-corrected chi connectivity index (χ2v) is 7.94. The zero-order valence-electron chi connectivity index (χ0n) is 18.4. The van der Waals surface area contributed by atoms with E-state index >= 15 is 0 Å². The molecule has 0 saturated heterocycles. The van der Waals surface area contributed by atoms with Gasteiger partial charge in [-0.3, -0.25) is 15.5 Å². The van der Waals surface area contributed by atoms with Crippen LogP contribution in [-0.4, -0.2) is 33.9 Å². The molecule has 0 bridgehead atoms. The zero-order chi connectivity index (χ0) is 24.8. The van der Waals surface area contributed by atoms with Crippen LogP contribution in [-0.2, 0) is 9.53 Å². The third-order valence-electron chi connectivity index (χ3n) is 4.43. The van der Waals surface area contributed by atoms with Gasteiger partial charge in [0.15, 0.2) is 5.75 Å². The van der Waals surface area contributed by atoms with Crippen LogP contribution in [0.3, 0.4) is 0 Å². The Kier molecular flexibility index (Phi) is 7.94. The summed E-state index contributed by atoms with van der Waals surface area (Å²) < 4.78 is 12.5. The van der Waals surface area contributed by atoms with Gasteiger partial charge in [0.2, 0.25) is 5.71 Å². The summed E-state index contributed by atoms with van der Waals surface area (Å²) in [6.07, 6.45) is 0.778. The molecular formula is C22H20Cl2N6O4. The van der Waals surface area contributed by atoms with E-state index in [4.69, 9.17) is 33.2 Å². The molecule has 0 unspecified atom stereocenters. The first kappa shape index (κ1) is 24.8. The summed E-state index contributed by atoms with van der Waals surface area (Å²) >= 11 is 12.7. The molecule has 0 spiro atoms. The Morgan fingerprint density at radius 3 is 2.56 bits per heavy atom. The lowest BCUT2D eigenvalue weighted by Gasteiger charge is -2.13. The number of carbonyl (C=O) groups is 2. The fraction of sp³-hybridized carbons (Fsp3) is 0.227. The number of nitrogens with zero attached hydrogens (tertiary/aromatic N) is 4. The first-order valence-electron chi connectivity index (χ1n) is 10.1. The molecule has 0 atom stereocenters. The molecule has 0 aliphatic heterocycles. The number of hydrogen-bond donors (Lipinski definition) is 2. The summed E-state index contributed by atoms with van der Waals surface area (Å²) in [5, 5.41) is 15.0. The Balaban J connectivity index is 1.78. The first-order chi connectivity index (χ1) is 16.2. The molecule has 0 radical (unpaired) electrons. The van der Waals surface area contributed by atoms with Gasteiger partial charge in [0, 0.05) is 12.1 Å². The average Bonchev–Trinajstić information content (AvgIpc) is 3.20. The summed E-state index contributed by atoms with van der Waals surface area (Å²) in [7, 11) is 0. The number of imide groups is 1. The lowest BCUT2D eigenvalue weighted by Crippen LogP contribution is -2.36. The number of hydrogen-bond acceptors (Lipinski definition) is 8. The van der Waals surface area contributed by atoms with Crippen molar-refractivity contribution in [1.82, 2.24) is 14.9 Å². The van der Waals surface area contributed by atoms with Crippen LogP contribution < -0.4 is 15.5 Å². The van der Waals surface area contributed by atoms with Crippen LogP contribution in [0.2, 0.25) is 10.0 Å². The van der Waals surface area contributed by atoms with Crippen LogP contribution in [0.25, 0.3) is 11.0 Å². The van der Waals surface area contributed by atoms with Gasteiger partial charge in [0.25, 0.3) is 5.91 Å². The van der Waals surface area contributed by atoms with E-state index in [9.17, 15) is 9.59 Å². The number of fused-ring (bicyclic) bond motifs is 1. The highest BCUT2D eigenvalue weighted by Gasteiger charge is 2.16. The number of halogens is 2. The van der Waals surface area contributed by atoms with Crippen molar-refractivity contribution in [2.75, 3.05) is 12.0 Å².